The molecule has 0 aliphatic carbocycles. The standard InChI is InChI=1S/C24H31ClO7/c1-14-9-10-18(26)22-19(31-24(3,4)32-22)8-6-7-16-11-17(25)12-20(29-13-28-5)21(16)23(27)30-15(14)2/h6-7,9-12,14-15,18-19,22,26H,8,13H2,1-5H3/b7-6?,10-9-/t14-,15+,18?,19+,22-/m1/s1. The number of hydrogen-bond acceptors (Lipinski definition) is 7. The summed E-state index contributed by atoms with van der Waals surface area (Å²) in [6.07, 6.45) is 5.38. The molecule has 0 saturated carbocycles. The Bertz CT molecular complexity index is 879. The van der Waals surface area contributed by atoms with E-state index in [1.54, 1.807) is 31.2 Å². The Hall–Kier alpha value is -1.90. The number of hydrogen-bond donors (Lipinski definition) is 1. The minimum atomic E-state index is -0.862. The van der Waals surface area contributed by atoms with Crippen LogP contribution in [0.5, 0.6) is 5.75 Å². The van der Waals surface area contributed by atoms with E-state index < -0.39 is 30.1 Å². The van der Waals surface area contributed by atoms with E-state index in [4.69, 9.17) is 35.3 Å². The molecule has 176 valence electrons. The number of aliphatic hydroxyl groups is 1. The zero-order valence-corrected chi connectivity index (χ0v) is 19.8. The molecule has 2 heterocycles. The Balaban J connectivity index is 2.04. The molecule has 1 aromatic carbocycles. The third kappa shape index (κ3) is 5.91. The lowest BCUT2D eigenvalue weighted by molar-refractivity contribution is -0.152. The van der Waals surface area contributed by atoms with Crippen LogP contribution in [0.3, 0.4) is 0 Å². The van der Waals surface area contributed by atoms with Gasteiger partial charge in [-0.3, -0.25) is 0 Å². The summed E-state index contributed by atoms with van der Waals surface area (Å²) in [6.45, 7) is 7.30. The topological polar surface area (TPSA) is 83.5 Å². The van der Waals surface area contributed by atoms with Crippen molar-refractivity contribution in [3.8, 4) is 5.75 Å². The van der Waals surface area contributed by atoms with Crippen molar-refractivity contribution in [1.82, 2.24) is 0 Å². The van der Waals surface area contributed by atoms with E-state index in [0.29, 0.717) is 17.0 Å². The van der Waals surface area contributed by atoms with Crippen molar-refractivity contribution in [1.29, 1.82) is 0 Å². The molecule has 0 aromatic heterocycles. The van der Waals surface area contributed by atoms with Gasteiger partial charge in [0.15, 0.2) is 12.6 Å². The van der Waals surface area contributed by atoms with Gasteiger partial charge in [-0.15, -0.1) is 0 Å². The maximum absolute atomic E-state index is 13.1. The zero-order valence-electron chi connectivity index (χ0n) is 19.0. The maximum Gasteiger partial charge on any atom is 0.342 e. The number of esters is 1. The highest BCUT2D eigenvalue weighted by Gasteiger charge is 2.43. The van der Waals surface area contributed by atoms with Gasteiger partial charge in [-0.05, 0) is 44.9 Å². The minimum Gasteiger partial charge on any atom is -0.467 e. The fraction of sp³-hybridized carbons (Fsp3) is 0.542. The Morgan fingerprint density at radius 1 is 1.22 bits per heavy atom. The number of methoxy groups -OCH3 is 1. The number of aliphatic hydroxyl groups excluding tert-OH is 1. The Kier molecular flexibility index (Phi) is 8.01. The Labute approximate surface area is 193 Å². The van der Waals surface area contributed by atoms with Crippen LogP contribution in [-0.2, 0) is 18.9 Å². The van der Waals surface area contributed by atoms with Crippen molar-refractivity contribution in [3.05, 3.63) is 46.5 Å². The van der Waals surface area contributed by atoms with Gasteiger partial charge in [0.25, 0.3) is 0 Å². The van der Waals surface area contributed by atoms with Gasteiger partial charge < -0.3 is 28.8 Å². The molecule has 1 saturated heterocycles. The molecule has 0 bridgehead atoms. The molecule has 8 heteroatoms. The zero-order chi connectivity index (χ0) is 23.5. The first-order chi connectivity index (χ1) is 15.1. The van der Waals surface area contributed by atoms with E-state index in [2.05, 4.69) is 0 Å². The van der Waals surface area contributed by atoms with Gasteiger partial charge in [-0.25, -0.2) is 4.79 Å². The first-order valence-corrected chi connectivity index (χ1v) is 11.0. The molecule has 7 nitrogen and oxygen atoms in total. The first kappa shape index (κ1) is 24.7. The molecule has 1 fully saturated rings. The lowest BCUT2D eigenvalue weighted by Gasteiger charge is -2.22. The van der Waals surface area contributed by atoms with Gasteiger partial charge in [0.1, 0.15) is 29.6 Å². The SMILES string of the molecule is COCOc1cc(Cl)cc2c1C(=O)O[C@@H](C)[C@H](C)/C=C\C(O)[C@H]1OC(C)(C)O[C@H]1CC=C2. The summed E-state index contributed by atoms with van der Waals surface area (Å²) in [6, 6.07) is 3.24. The molecule has 1 aromatic rings. The summed E-state index contributed by atoms with van der Waals surface area (Å²) in [4.78, 5) is 13.1. The van der Waals surface area contributed by atoms with E-state index in [0.717, 1.165) is 0 Å². The number of carbonyl (C=O) groups excluding carboxylic acids is 1. The van der Waals surface area contributed by atoms with Crippen LogP contribution in [0.4, 0.5) is 0 Å². The fourth-order valence-corrected chi connectivity index (χ4v) is 3.96. The molecule has 2 aliphatic heterocycles. The predicted octanol–water partition coefficient (Wildman–Crippen LogP) is 4.36. The highest BCUT2D eigenvalue weighted by Crippen LogP contribution is 2.34. The van der Waals surface area contributed by atoms with Gasteiger partial charge in [0.2, 0.25) is 0 Å². The number of fused-ring (bicyclic) bond motifs is 2. The van der Waals surface area contributed by atoms with Crippen molar-refractivity contribution < 1.29 is 33.6 Å². The number of cyclic esters (lactones) is 1. The second-order valence-corrected chi connectivity index (χ2v) is 8.98. The number of ether oxygens (including phenoxy) is 5. The van der Waals surface area contributed by atoms with Crippen LogP contribution in [0, 0.1) is 5.92 Å². The Morgan fingerprint density at radius 2 is 1.97 bits per heavy atom. The van der Waals surface area contributed by atoms with Gasteiger partial charge in [-0.1, -0.05) is 42.8 Å². The van der Waals surface area contributed by atoms with Crippen LogP contribution in [0.15, 0.2) is 30.4 Å². The van der Waals surface area contributed by atoms with Gasteiger partial charge >= 0.3 is 5.97 Å². The number of carbonyl (C=O) groups is 1. The molecule has 0 spiro atoms. The lowest BCUT2D eigenvalue weighted by Crippen LogP contribution is -2.34. The van der Waals surface area contributed by atoms with E-state index >= 15 is 0 Å². The van der Waals surface area contributed by atoms with Crippen molar-refractivity contribution >= 4 is 23.6 Å². The first-order valence-electron chi connectivity index (χ1n) is 10.7. The summed E-state index contributed by atoms with van der Waals surface area (Å²) in [7, 11) is 1.49. The third-order valence-electron chi connectivity index (χ3n) is 5.50. The minimum absolute atomic E-state index is 0.0413. The van der Waals surface area contributed by atoms with E-state index in [9.17, 15) is 9.90 Å². The molecule has 32 heavy (non-hydrogen) atoms. The largest absolute Gasteiger partial charge is 0.467 e. The van der Waals surface area contributed by atoms with Crippen LogP contribution in [0.25, 0.3) is 6.08 Å². The van der Waals surface area contributed by atoms with Gasteiger partial charge in [0.05, 0.1) is 6.10 Å². The predicted molar refractivity (Wildman–Crippen MR) is 121 cm³/mol. The van der Waals surface area contributed by atoms with Crippen LogP contribution in [0.1, 0.15) is 50.0 Å². The monoisotopic (exact) mass is 466 g/mol. The second-order valence-electron chi connectivity index (χ2n) is 8.54. The second kappa shape index (κ2) is 10.4. The third-order valence-corrected chi connectivity index (χ3v) is 5.72. The molecule has 0 amide bonds. The summed E-state index contributed by atoms with van der Waals surface area (Å²) in [5.41, 5.74) is 0.819. The summed E-state index contributed by atoms with van der Waals surface area (Å²) >= 11 is 6.29. The highest BCUT2D eigenvalue weighted by atomic mass is 35.5. The van der Waals surface area contributed by atoms with Gasteiger partial charge in [0, 0.05) is 18.1 Å². The quantitative estimate of drug-likeness (QED) is 0.402. The number of halogens is 1. The molecule has 1 N–H and O–H groups in total. The highest BCUT2D eigenvalue weighted by molar-refractivity contribution is 6.31. The molecule has 3 rings (SSSR count). The maximum atomic E-state index is 13.1. The number of rotatable bonds is 3. The summed E-state index contributed by atoms with van der Waals surface area (Å²) in [5.74, 6) is -1.22. The average molecular weight is 467 g/mol. The fourth-order valence-electron chi connectivity index (χ4n) is 3.74. The average Bonchev–Trinajstić information content (AvgIpc) is 3.03. The molecule has 0 radical (unpaired) electrons. The van der Waals surface area contributed by atoms with Gasteiger partial charge in [-0.2, -0.15) is 0 Å². The van der Waals surface area contributed by atoms with Crippen molar-refractivity contribution in [3.63, 3.8) is 0 Å². The van der Waals surface area contributed by atoms with Crippen LogP contribution < -0.4 is 4.74 Å². The van der Waals surface area contributed by atoms with E-state index in [1.807, 2.05) is 32.9 Å². The van der Waals surface area contributed by atoms with Crippen molar-refractivity contribution in [2.75, 3.05) is 13.9 Å². The van der Waals surface area contributed by atoms with Crippen LogP contribution in [-0.4, -0.2) is 55.2 Å². The molecular weight excluding hydrogens is 436 g/mol. The molecule has 1 unspecified atom stereocenters. The lowest BCUT2D eigenvalue weighted by atomic mass is 9.99. The smallest absolute Gasteiger partial charge is 0.342 e. The molecule has 2 aliphatic rings. The van der Waals surface area contributed by atoms with E-state index in [-0.39, 0.29) is 30.1 Å². The van der Waals surface area contributed by atoms with Crippen molar-refractivity contribution in [2.45, 2.75) is 64.3 Å². The molecule has 5 atom stereocenters. The Morgan fingerprint density at radius 3 is 2.69 bits per heavy atom. The van der Waals surface area contributed by atoms with Crippen LogP contribution in [0.2, 0.25) is 5.02 Å². The summed E-state index contributed by atoms with van der Waals surface area (Å²) < 4.78 is 28.3. The molecular formula is C24H31ClO7. The normalized spacial score (nSPS) is 31.2. The van der Waals surface area contributed by atoms with Crippen molar-refractivity contribution in [2.24, 2.45) is 5.92 Å². The summed E-state index contributed by atoms with van der Waals surface area (Å²) in [5, 5.41) is 11.1. The number of benzene rings is 1. The van der Waals surface area contributed by atoms with Crippen LogP contribution >= 0.6 is 11.6 Å². The van der Waals surface area contributed by atoms with E-state index in [1.165, 1.54) is 7.11 Å².